The van der Waals surface area contributed by atoms with Crippen LogP contribution in [0.5, 0.6) is 0 Å². The van der Waals surface area contributed by atoms with Crippen molar-refractivity contribution in [1.82, 2.24) is 0 Å². The lowest BCUT2D eigenvalue weighted by atomic mass is 9.89. The summed E-state index contributed by atoms with van der Waals surface area (Å²) in [7, 11) is -1.57. The van der Waals surface area contributed by atoms with Gasteiger partial charge in [-0.3, -0.25) is 0 Å². The molecule has 1 spiro atoms. The van der Waals surface area contributed by atoms with Gasteiger partial charge in [-0.15, -0.1) is 0 Å². The Kier molecular flexibility index (Phi) is 5.95. The average molecular weight is 615 g/mol. The van der Waals surface area contributed by atoms with Crippen LogP contribution in [-0.4, -0.2) is 8.07 Å². The fourth-order valence-electron chi connectivity index (χ4n) is 8.92. The second kappa shape index (κ2) is 10.4. The summed E-state index contributed by atoms with van der Waals surface area (Å²) in [6.07, 6.45) is 2.77. The third-order valence-electron chi connectivity index (χ3n) is 11.2. The zero-order valence-corrected chi connectivity index (χ0v) is 27.3. The Bertz CT molecular complexity index is 2520. The summed E-state index contributed by atoms with van der Waals surface area (Å²) in [4.78, 5) is 0. The average Bonchev–Trinajstić information content (AvgIpc) is 3.74. The summed E-state index contributed by atoms with van der Waals surface area (Å²) >= 11 is 0. The van der Waals surface area contributed by atoms with E-state index in [1.165, 1.54) is 102 Å². The van der Waals surface area contributed by atoms with E-state index in [1.807, 2.05) is 0 Å². The van der Waals surface area contributed by atoms with Crippen LogP contribution >= 0.6 is 0 Å². The molecule has 2 aliphatic rings. The fraction of sp³-hybridized carbons (Fsp3) is 0.0870. The van der Waals surface area contributed by atoms with Crippen molar-refractivity contribution in [3.63, 3.8) is 0 Å². The van der Waals surface area contributed by atoms with Crippen LogP contribution < -0.4 is 10.4 Å². The van der Waals surface area contributed by atoms with E-state index in [0.29, 0.717) is 0 Å². The lowest BCUT2D eigenvalue weighted by molar-refractivity contribution is 0.935. The van der Waals surface area contributed by atoms with Crippen LogP contribution in [0.1, 0.15) is 12.8 Å². The van der Waals surface area contributed by atoms with Gasteiger partial charge in [0.05, 0.1) is 0 Å². The number of rotatable bonds is 3. The molecule has 0 bridgehead atoms. The molecule has 2 heterocycles. The van der Waals surface area contributed by atoms with E-state index in [0.717, 1.165) is 0 Å². The fourth-order valence-corrected chi connectivity index (χ4v) is 14.5. The van der Waals surface area contributed by atoms with Crippen LogP contribution in [0.15, 0.2) is 158 Å². The normalized spacial score (nSPS) is 14.6. The van der Waals surface area contributed by atoms with E-state index in [4.69, 9.17) is 0 Å². The van der Waals surface area contributed by atoms with Crippen molar-refractivity contribution in [1.29, 1.82) is 0 Å². The van der Waals surface area contributed by atoms with Crippen LogP contribution in [0.3, 0.4) is 0 Å². The zero-order chi connectivity index (χ0) is 31.0. The minimum absolute atomic E-state index is 1.25. The highest BCUT2D eigenvalue weighted by Gasteiger charge is 2.46. The topological polar surface area (TPSA) is 0 Å². The van der Waals surface area contributed by atoms with Crippen molar-refractivity contribution in [2.24, 2.45) is 0 Å². The molecule has 8 aromatic rings. The highest BCUT2D eigenvalue weighted by Crippen LogP contribution is 2.41. The third-order valence-corrected chi connectivity index (χ3v) is 16.5. The van der Waals surface area contributed by atoms with Gasteiger partial charge in [0.2, 0.25) is 0 Å². The molecule has 2 aliphatic heterocycles. The Morgan fingerprint density at radius 3 is 1.62 bits per heavy atom. The van der Waals surface area contributed by atoms with Crippen molar-refractivity contribution in [3.8, 4) is 44.5 Å². The van der Waals surface area contributed by atoms with Crippen molar-refractivity contribution < 1.29 is 0 Å². The van der Waals surface area contributed by atoms with Crippen molar-refractivity contribution in [3.05, 3.63) is 158 Å². The van der Waals surface area contributed by atoms with Gasteiger partial charge in [-0.1, -0.05) is 140 Å². The molecule has 1 heteroatoms. The molecule has 10 rings (SSSR count). The molecule has 0 radical (unpaired) electrons. The maximum Gasteiger partial charge on any atom is 0.119 e. The van der Waals surface area contributed by atoms with E-state index < -0.39 is 8.07 Å². The summed E-state index contributed by atoms with van der Waals surface area (Å²) < 4.78 is 0. The van der Waals surface area contributed by atoms with Gasteiger partial charge in [0.15, 0.2) is 0 Å². The van der Waals surface area contributed by atoms with E-state index >= 15 is 0 Å². The van der Waals surface area contributed by atoms with E-state index in [9.17, 15) is 0 Å². The van der Waals surface area contributed by atoms with E-state index in [-0.39, 0.29) is 0 Å². The molecule has 0 aromatic heterocycles. The summed E-state index contributed by atoms with van der Waals surface area (Å²) in [6, 6.07) is 62.4. The molecule has 0 N–H and O–H groups in total. The number of hydrogen-bond donors (Lipinski definition) is 0. The SMILES string of the molecule is c1ccc(-c2cc3ccccc3cc2-c2ccc3c(ccc4cc(-c5ccc6c(c5)-c5ccccc5[Si]65CCCC5)ccc43)c2)cc1. The molecular formula is C46H34Si. The van der Waals surface area contributed by atoms with Gasteiger partial charge in [-0.25, -0.2) is 0 Å². The van der Waals surface area contributed by atoms with Gasteiger partial charge in [0.25, 0.3) is 0 Å². The molecule has 0 aliphatic carbocycles. The second-order valence-electron chi connectivity index (χ2n) is 13.6. The molecule has 1 saturated heterocycles. The third kappa shape index (κ3) is 4.13. The Morgan fingerprint density at radius 1 is 0.319 bits per heavy atom. The Balaban J connectivity index is 1.07. The van der Waals surface area contributed by atoms with Crippen molar-refractivity contribution >= 4 is 50.8 Å². The molecule has 0 unspecified atom stereocenters. The predicted molar refractivity (Wildman–Crippen MR) is 205 cm³/mol. The first-order chi connectivity index (χ1) is 23.2. The highest BCUT2D eigenvalue weighted by atomic mass is 28.3. The molecule has 1 fully saturated rings. The summed E-state index contributed by atoms with van der Waals surface area (Å²) in [5.74, 6) is 0. The summed E-state index contributed by atoms with van der Waals surface area (Å²) in [5, 5.41) is 11.1. The lowest BCUT2D eigenvalue weighted by Crippen LogP contribution is -2.52. The molecule has 0 amide bonds. The minimum Gasteiger partial charge on any atom is -0.0623 e. The van der Waals surface area contributed by atoms with Gasteiger partial charge in [-0.05, 0) is 130 Å². The molecular weight excluding hydrogens is 581 g/mol. The molecule has 0 nitrogen and oxygen atoms in total. The molecule has 222 valence electrons. The lowest BCUT2D eigenvalue weighted by Gasteiger charge is -2.23. The molecule has 47 heavy (non-hydrogen) atoms. The zero-order valence-electron chi connectivity index (χ0n) is 26.3. The van der Waals surface area contributed by atoms with Gasteiger partial charge in [0, 0.05) is 0 Å². The Hall–Kier alpha value is -5.24. The van der Waals surface area contributed by atoms with E-state index in [1.54, 1.807) is 10.4 Å². The van der Waals surface area contributed by atoms with Crippen LogP contribution in [-0.2, 0) is 0 Å². The van der Waals surface area contributed by atoms with Crippen molar-refractivity contribution in [2.75, 3.05) is 0 Å². The summed E-state index contributed by atoms with van der Waals surface area (Å²) in [5.41, 5.74) is 10.7. The maximum absolute atomic E-state index is 2.50. The second-order valence-corrected chi connectivity index (χ2v) is 17.9. The van der Waals surface area contributed by atoms with Crippen molar-refractivity contribution in [2.45, 2.75) is 24.9 Å². The number of fused-ring (bicyclic) bond motifs is 9. The Labute approximate surface area is 277 Å². The van der Waals surface area contributed by atoms with Gasteiger partial charge >= 0.3 is 0 Å². The van der Waals surface area contributed by atoms with Gasteiger partial charge in [-0.2, -0.15) is 0 Å². The van der Waals surface area contributed by atoms with Crippen LogP contribution in [0.2, 0.25) is 12.1 Å². The number of hydrogen-bond acceptors (Lipinski definition) is 0. The number of benzene rings is 8. The van der Waals surface area contributed by atoms with Crippen LogP contribution in [0, 0.1) is 0 Å². The van der Waals surface area contributed by atoms with Crippen LogP contribution in [0.4, 0.5) is 0 Å². The standard InChI is InChI=1S/C46H34Si/c1-2-10-31(11-3-1)42-28-32-12-4-5-13-33(32)29-43(42)38-19-22-40-37(27-38)17-16-36-26-34(18-21-39(36)40)35-20-23-46-44(30-35)41-14-6-7-15-45(41)47(46)24-8-9-25-47/h1-7,10-23,26-30H,8-9,24-25H2. The van der Waals surface area contributed by atoms with E-state index in [2.05, 4.69) is 158 Å². The molecule has 0 atom stereocenters. The van der Waals surface area contributed by atoms with Gasteiger partial charge in [0.1, 0.15) is 8.07 Å². The molecule has 0 saturated carbocycles. The Morgan fingerprint density at radius 2 is 0.872 bits per heavy atom. The van der Waals surface area contributed by atoms with Crippen LogP contribution in [0.25, 0.3) is 76.8 Å². The molecule has 8 aromatic carbocycles. The first kappa shape index (κ1) is 26.9. The smallest absolute Gasteiger partial charge is 0.0623 e. The largest absolute Gasteiger partial charge is 0.119 e. The first-order valence-corrected chi connectivity index (χ1v) is 19.5. The highest BCUT2D eigenvalue weighted by molar-refractivity contribution is 7.06. The maximum atomic E-state index is 2.50. The quantitative estimate of drug-likeness (QED) is 0.137. The summed E-state index contributed by atoms with van der Waals surface area (Å²) in [6.45, 7) is 0. The monoisotopic (exact) mass is 614 g/mol. The minimum atomic E-state index is -1.57. The predicted octanol–water partition coefficient (Wildman–Crippen LogP) is 11.5. The first-order valence-electron chi connectivity index (χ1n) is 17.1. The van der Waals surface area contributed by atoms with Gasteiger partial charge < -0.3 is 0 Å².